The number of rotatable bonds is 2. The van der Waals surface area contributed by atoms with E-state index in [1.165, 1.54) is 0 Å². The van der Waals surface area contributed by atoms with Gasteiger partial charge >= 0.3 is 0 Å². The van der Waals surface area contributed by atoms with Crippen LogP contribution in [-0.2, 0) is 12.6 Å². The first-order valence-corrected chi connectivity index (χ1v) is 6.42. The standard InChI is InChI=1S/C14H15N5/c1-19-8-17-10-6-9(2-3-12(10)19)11-7-16-13(18-11)14(15)4-5-14/h2-3,6-8H,4-5,15H2,1H3,(H,16,18). The van der Waals surface area contributed by atoms with Crippen molar-refractivity contribution in [2.24, 2.45) is 12.8 Å². The Bertz CT molecular complexity index is 763. The van der Waals surface area contributed by atoms with Crippen molar-refractivity contribution >= 4 is 11.0 Å². The SMILES string of the molecule is Cn1cnc2cc(-c3cnc(C4(N)CC4)[nH]3)ccc21. The Hall–Kier alpha value is -2.14. The number of aromatic amines is 1. The molecule has 1 saturated carbocycles. The lowest BCUT2D eigenvalue weighted by Crippen LogP contribution is -2.20. The van der Waals surface area contributed by atoms with Gasteiger partial charge < -0.3 is 15.3 Å². The number of fused-ring (bicyclic) bond motifs is 1. The lowest BCUT2D eigenvalue weighted by molar-refractivity contribution is 0.685. The van der Waals surface area contributed by atoms with Crippen LogP contribution in [0.2, 0.25) is 0 Å². The van der Waals surface area contributed by atoms with E-state index in [0.29, 0.717) is 0 Å². The molecule has 2 aromatic heterocycles. The molecule has 5 nitrogen and oxygen atoms in total. The number of aromatic nitrogens is 4. The highest BCUT2D eigenvalue weighted by Crippen LogP contribution is 2.41. The Labute approximate surface area is 110 Å². The Morgan fingerprint density at radius 1 is 1.32 bits per heavy atom. The average Bonchev–Trinajstić information content (AvgIpc) is 2.88. The molecule has 0 aliphatic heterocycles. The zero-order valence-electron chi connectivity index (χ0n) is 10.7. The molecule has 19 heavy (non-hydrogen) atoms. The van der Waals surface area contributed by atoms with E-state index >= 15 is 0 Å². The molecule has 5 heteroatoms. The molecule has 1 aromatic carbocycles. The number of H-pyrrole nitrogens is 1. The molecule has 1 fully saturated rings. The summed E-state index contributed by atoms with van der Waals surface area (Å²) in [7, 11) is 1.99. The van der Waals surface area contributed by atoms with Crippen molar-refractivity contribution in [2.45, 2.75) is 18.4 Å². The van der Waals surface area contributed by atoms with Gasteiger partial charge in [0, 0.05) is 12.6 Å². The first kappa shape index (κ1) is 10.8. The summed E-state index contributed by atoms with van der Waals surface area (Å²) in [4.78, 5) is 12.1. The molecule has 0 radical (unpaired) electrons. The molecule has 0 spiro atoms. The summed E-state index contributed by atoms with van der Waals surface area (Å²) < 4.78 is 2.01. The summed E-state index contributed by atoms with van der Waals surface area (Å²) >= 11 is 0. The van der Waals surface area contributed by atoms with Gasteiger partial charge in [-0.2, -0.15) is 0 Å². The van der Waals surface area contributed by atoms with Crippen LogP contribution in [-0.4, -0.2) is 19.5 Å². The number of hydrogen-bond donors (Lipinski definition) is 2. The molecule has 3 N–H and O–H groups in total. The molecule has 1 aliphatic carbocycles. The summed E-state index contributed by atoms with van der Waals surface area (Å²) in [5, 5.41) is 0. The molecule has 0 amide bonds. The van der Waals surface area contributed by atoms with Crippen LogP contribution in [0, 0.1) is 0 Å². The van der Waals surface area contributed by atoms with Crippen molar-refractivity contribution in [3.05, 3.63) is 36.5 Å². The predicted octanol–water partition coefficient (Wildman–Crippen LogP) is 1.91. The van der Waals surface area contributed by atoms with Crippen molar-refractivity contribution < 1.29 is 0 Å². The smallest absolute Gasteiger partial charge is 0.126 e. The summed E-state index contributed by atoms with van der Waals surface area (Å²) in [6.45, 7) is 0. The van der Waals surface area contributed by atoms with E-state index in [1.807, 2.05) is 24.1 Å². The van der Waals surface area contributed by atoms with Crippen LogP contribution in [0.3, 0.4) is 0 Å². The fraction of sp³-hybridized carbons (Fsp3) is 0.286. The molecule has 4 rings (SSSR count). The second-order valence-corrected chi connectivity index (χ2v) is 5.36. The number of hydrogen-bond acceptors (Lipinski definition) is 3. The van der Waals surface area contributed by atoms with Crippen molar-refractivity contribution in [2.75, 3.05) is 0 Å². The molecule has 2 heterocycles. The number of nitrogens with zero attached hydrogens (tertiary/aromatic N) is 3. The molecule has 0 saturated heterocycles. The van der Waals surface area contributed by atoms with Gasteiger partial charge in [0.1, 0.15) is 5.82 Å². The van der Waals surface area contributed by atoms with E-state index in [-0.39, 0.29) is 5.54 Å². The van der Waals surface area contributed by atoms with Gasteiger partial charge in [-0.05, 0) is 25.0 Å². The van der Waals surface area contributed by atoms with Crippen LogP contribution in [0.25, 0.3) is 22.3 Å². The Morgan fingerprint density at radius 3 is 2.95 bits per heavy atom. The molecule has 1 aliphatic rings. The van der Waals surface area contributed by atoms with E-state index in [2.05, 4.69) is 33.2 Å². The highest BCUT2D eigenvalue weighted by molar-refractivity contribution is 5.81. The summed E-state index contributed by atoms with van der Waals surface area (Å²) in [6, 6.07) is 6.23. The fourth-order valence-electron chi connectivity index (χ4n) is 2.40. The minimum atomic E-state index is -0.215. The van der Waals surface area contributed by atoms with E-state index in [1.54, 1.807) is 0 Å². The van der Waals surface area contributed by atoms with Crippen LogP contribution < -0.4 is 5.73 Å². The van der Waals surface area contributed by atoms with Gasteiger partial charge in [0.2, 0.25) is 0 Å². The van der Waals surface area contributed by atoms with E-state index < -0.39 is 0 Å². The van der Waals surface area contributed by atoms with Gasteiger partial charge in [-0.3, -0.25) is 0 Å². The normalized spacial score (nSPS) is 16.9. The van der Waals surface area contributed by atoms with Gasteiger partial charge in [0.25, 0.3) is 0 Å². The summed E-state index contributed by atoms with van der Waals surface area (Å²) in [6.07, 6.45) is 5.71. The average molecular weight is 253 g/mol. The molecule has 3 aromatic rings. The zero-order valence-corrected chi connectivity index (χ0v) is 10.7. The van der Waals surface area contributed by atoms with Crippen molar-refractivity contribution in [1.29, 1.82) is 0 Å². The maximum absolute atomic E-state index is 6.14. The van der Waals surface area contributed by atoms with Gasteiger partial charge in [-0.1, -0.05) is 6.07 Å². The molecule has 0 atom stereocenters. The third-order valence-corrected chi connectivity index (χ3v) is 3.87. The maximum atomic E-state index is 6.14. The van der Waals surface area contributed by atoms with Crippen LogP contribution in [0.5, 0.6) is 0 Å². The minimum absolute atomic E-state index is 0.215. The highest BCUT2D eigenvalue weighted by atomic mass is 15.0. The van der Waals surface area contributed by atoms with Crippen LogP contribution >= 0.6 is 0 Å². The first-order chi connectivity index (χ1) is 9.16. The Balaban J connectivity index is 1.79. The summed E-state index contributed by atoms with van der Waals surface area (Å²) in [5.41, 5.74) is 10.1. The second-order valence-electron chi connectivity index (χ2n) is 5.36. The van der Waals surface area contributed by atoms with Crippen molar-refractivity contribution in [3.8, 4) is 11.3 Å². The monoisotopic (exact) mass is 253 g/mol. The quantitative estimate of drug-likeness (QED) is 0.732. The van der Waals surface area contributed by atoms with E-state index in [9.17, 15) is 0 Å². The largest absolute Gasteiger partial charge is 0.340 e. The van der Waals surface area contributed by atoms with Crippen molar-refractivity contribution in [3.63, 3.8) is 0 Å². The van der Waals surface area contributed by atoms with Gasteiger partial charge in [0.15, 0.2) is 0 Å². The number of imidazole rings is 2. The van der Waals surface area contributed by atoms with Crippen LogP contribution in [0.1, 0.15) is 18.7 Å². The lowest BCUT2D eigenvalue weighted by atomic mass is 10.1. The van der Waals surface area contributed by atoms with Crippen LogP contribution in [0.4, 0.5) is 0 Å². The van der Waals surface area contributed by atoms with Gasteiger partial charge in [-0.25, -0.2) is 9.97 Å². The minimum Gasteiger partial charge on any atom is -0.340 e. The van der Waals surface area contributed by atoms with Crippen LogP contribution in [0.15, 0.2) is 30.7 Å². The molecule has 0 bridgehead atoms. The van der Waals surface area contributed by atoms with Gasteiger partial charge in [-0.15, -0.1) is 0 Å². The van der Waals surface area contributed by atoms with Crippen molar-refractivity contribution in [1.82, 2.24) is 19.5 Å². The van der Waals surface area contributed by atoms with Gasteiger partial charge in [0.05, 0.1) is 34.8 Å². The fourth-order valence-corrected chi connectivity index (χ4v) is 2.40. The lowest BCUT2D eigenvalue weighted by Gasteiger charge is -2.03. The Kier molecular flexibility index (Phi) is 1.95. The number of aryl methyl sites for hydroxylation is 1. The van der Waals surface area contributed by atoms with E-state index in [4.69, 9.17) is 5.73 Å². The Morgan fingerprint density at radius 2 is 2.16 bits per heavy atom. The maximum Gasteiger partial charge on any atom is 0.126 e. The number of benzene rings is 1. The molecule has 0 unspecified atom stereocenters. The zero-order chi connectivity index (χ0) is 13.0. The number of nitrogens with two attached hydrogens (primary N) is 1. The third kappa shape index (κ3) is 1.58. The van der Waals surface area contributed by atoms with E-state index in [0.717, 1.165) is 41.0 Å². The predicted molar refractivity (Wildman–Crippen MR) is 73.4 cm³/mol. The first-order valence-electron chi connectivity index (χ1n) is 6.42. The summed E-state index contributed by atoms with van der Waals surface area (Å²) in [5.74, 6) is 0.892. The topological polar surface area (TPSA) is 72.5 Å². The third-order valence-electron chi connectivity index (χ3n) is 3.87. The molecular formula is C14H15N5. The molecule has 96 valence electrons. The highest BCUT2D eigenvalue weighted by Gasteiger charge is 2.42. The molecular weight excluding hydrogens is 238 g/mol. The number of nitrogens with one attached hydrogen (secondary N) is 1. The second kappa shape index (κ2) is 3.45.